The normalized spacial score (nSPS) is 10.5. The van der Waals surface area contributed by atoms with Gasteiger partial charge in [-0.25, -0.2) is 4.39 Å². The molecule has 2 rings (SSSR count). The predicted molar refractivity (Wildman–Crippen MR) is 62.2 cm³/mol. The van der Waals surface area contributed by atoms with E-state index in [9.17, 15) is 4.39 Å². The number of hydrogen-bond acceptors (Lipinski definition) is 1. The Labute approximate surface area is 94.5 Å². The summed E-state index contributed by atoms with van der Waals surface area (Å²) in [5.41, 5.74) is 0.673. The van der Waals surface area contributed by atoms with E-state index in [1.165, 1.54) is 10.9 Å². The molecule has 0 nitrogen and oxygen atoms in total. The maximum Gasteiger partial charge on any atom is 0.132 e. The summed E-state index contributed by atoms with van der Waals surface area (Å²) in [5, 5.41) is 0. The van der Waals surface area contributed by atoms with Crippen molar-refractivity contribution in [3.63, 3.8) is 0 Å². The largest absolute Gasteiger partial charge is 0.206 e. The maximum absolute atomic E-state index is 13.5. The van der Waals surface area contributed by atoms with Gasteiger partial charge >= 0.3 is 0 Å². The molecule has 0 amide bonds. The van der Waals surface area contributed by atoms with E-state index >= 15 is 0 Å². The lowest BCUT2D eigenvalue weighted by molar-refractivity contribution is 0.631. The summed E-state index contributed by atoms with van der Waals surface area (Å²) in [6.07, 6.45) is 0. The highest BCUT2D eigenvalue weighted by Gasteiger charge is 2.06. The molecule has 1 aromatic heterocycles. The first-order valence-electron chi connectivity index (χ1n) is 4.18. The van der Waals surface area contributed by atoms with Crippen LogP contribution in [0.1, 0.15) is 4.88 Å². The quantitative estimate of drug-likeness (QED) is 0.709. The van der Waals surface area contributed by atoms with Gasteiger partial charge in [0.15, 0.2) is 0 Å². The fourth-order valence-electron chi connectivity index (χ4n) is 1.27. The van der Waals surface area contributed by atoms with Crippen LogP contribution < -0.4 is 0 Å². The van der Waals surface area contributed by atoms with Crippen LogP contribution in [0.5, 0.6) is 0 Å². The Morgan fingerprint density at radius 2 is 2.00 bits per heavy atom. The van der Waals surface area contributed by atoms with Crippen molar-refractivity contribution in [3.05, 3.63) is 45.5 Å². The first kappa shape index (κ1) is 9.87. The standard InChI is InChI=1S/C11H8BrFS/c1-7-2-5-11(14-7)9-4-3-8(12)6-10(9)13/h2-6H,1H3. The van der Waals surface area contributed by atoms with Gasteiger partial charge in [-0.2, -0.15) is 0 Å². The minimum Gasteiger partial charge on any atom is -0.206 e. The second-order valence-electron chi connectivity index (χ2n) is 3.03. The Morgan fingerprint density at radius 3 is 2.57 bits per heavy atom. The van der Waals surface area contributed by atoms with Crippen LogP contribution in [0.25, 0.3) is 10.4 Å². The number of rotatable bonds is 1. The Morgan fingerprint density at radius 1 is 1.21 bits per heavy atom. The molecule has 1 heterocycles. The summed E-state index contributed by atoms with van der Waals surface area (Å²) in [6, 6.07) is 9.09. The van der Waals surface area contributed by atoms with E-state index in [1.54, 1.807) is 17.4 Å². The molecule has 0 aliphatic rings. The Kier molecular flexibility index (Phi) is 2.70. The van der Waals surface area contributed by atoms with E-state index in [1.807, 2.05) is 25.1 Å². The third-order valence-corrected chi connectivity index (χ3v) is 3.46. The molecule has 0 fully saturated rings. The van der Waals surface area contributed by atoms with Crippen molar-refractivity contribution < 1.29 is 4.39 Å². The van der Waals surface area contributed by atoms with Crippen LogP contribution in [0.2, 0.25) is 0 Å². The Bertz CT molecular complexity index is 462. The summed E-state index contributed by atoms with van der Waals surface area (Å²) in [7, 11) is 0. The molecule has 0 radical (unpaired) electrons. The van der Waals surface area contributed by atoms with Crippen molar-refractivity contribution in [2.24, 2.45) is 0 Å². The molecule has 0 N–H and O–H groups in total. The van der Waals surface area contributed by atoms with Gasteiger partial charge in [-0.05, 0) is 37.3 Å². The predicted octanol–water partition coefficient (Wildman–Crippen LogP) is 4.63. The Balaban J connectivity index is 2.52. The molecule has 0 spiro atoms. The SMILES string of the molecule is Cc1ccc(-c2ccc(Br)cc2F)s1. The molecular weight excluding hydrogens is 263 g/mol. The van der Waals surface area contributed by atoms with Crippen LogP contribution in [0.4, 0.5) is 4.39 Å². The molecule has 0 aliphatic heterocycles. The van der Waals surface area contributed by atoms with Gasteiger partial charge in [0.2, 0.25) is 0 Å². The van der Waals surface area contributed by atoms with Gasteiger partial charge in [0, 0.05) is 19.8 Å². The van der Waals surface area contributed by atoms with Gasteiger partial charge < -0.3 is 0 Å². The molecule has 0 unspecified atom stereocenters. The fourth-order valence-corrected chi connectivity index (χ4v) is 2.50. The van der Waals surface area contributed by atoms with E-state index in [4.69, 9.17) is 0 Å². The third-order valence-electron chi connectivity index (χ3n) is 1.94. The highest BCUT2D eigenvalue weighted by atomic mass is 79.9. The van der Waals surface area contributed by atoms with Crippen LogP contribution in [0, 0.1) is 12.7 Å². The van der Waals surface area contributed by atoms with E-state index in [0.29, 0.717) is 5.56 Å². The van der Waals surface area contributed by atoms with Crippen LogP contribution in [0.3, 0.4) is 0 Å². The van der Waals surface area contributed by atoms with E-state index in [0.717, 1.165) is 9.35 Å². The molecule has 0 saturated carbocycles. The van der Waals surface area contributed by atoms with Crippen LogP contribution in [-0.4, -0.2) is 0 Å². The van der Waals surface area contributed by atoms with E-state index in [2.05, 4.69) is 15.9 Å². The van der Waals surface area contributed by atoms with Crippen molar-refractivity contribution in [1.29, 1.82) is 0 Å². The minimum absolute atomic E-state index is 0.179. The van der Waals surface area contributed by atoms with Gasteiger partial charge in [0.25, 0.3) is 0 Å². The molecule has 1 aromatic carbocycles. The lowest BCUT2D eigenvalue weighted by Gasteiger charge is -1.99. The zero-order valence-corrected chi connectivity index (χ0v) is 9.95. The fraction of sp³-hybridized carbons (Fsp3) is 0.0909. The zero-order valence-electron chi connectivity index (χ0n) is 7.55. The van der Waals surface area contributed by atoms with Gasteiger partial charge in [0.1, 0.15) is 5.82 Å². The topological polar surface area (TPSA) is 0 Å². The summed E-state index contributed by atoms with van der Waals surface area (Å²) in [6.45, 7) is 2.02. The van der Waals surface area contributed by atoms with Crippen LogP contribution in [0.15, 0.2) is 34.8 Å². The smallest absolute Gasteiger partial charge is 0.132 e. The molecule has 3 heteroatoms. The van der Waals surface area contributed by atoms with Crippen LogP contribution in [-0.2, 0) is 0 Å². The van der Waals surface area contributed by atoms with Crippen molar-refractivity contribution >= 4 is 27.3 Å². The maximum atomic E-state index is 13.5. The van der Waals surface area contributed by atoms with Gasteiger partial charge in [-0.1, -0.05) is 15.9 Å². The molecule has 14 heavy (non-hydrogen) atoms. The first-order valence-corrected chi connectivity index (χ1v) is 5.79. The molecule has 0 bridgehead atoms. The molecular formula is C11H8BrFS. The number of halogens is 2. The molecule has 0 aliphatic carbocycles. The summed E-state index contributed by atoms with van der Waals surface area (Å²) < 4.78 is 14.3. The third kappa shape index (κ3) is 1.88. The van der Waals surface area contributed by atoms with Crippen molar-refractivity contribution in [2.75, 3.05) is 0 Å². The van der Waals surface area contributed by atoms with Crippen molar-refractivity contribution in [3.8, 4) is 10.4 Å². The van der Waals surface area contributed by atoms with E-state index in [-0.39, 0.29) is 5.82 Å². The molecule has 72 valence electrons. The lowest BCUT2D eigenvalue weighted by atomic mass is 10.2. The average Bonchev–Trinajstić information content (AvgIpc) is 2.51. The number of thiophene rings is 1. The average molecular weight is 271 g/mol. The van der Waals surface area contributed by atoms with Gasteiger partial charge in [0.05, 0.1) is 0 Å². The van der Waals surface area contributed by atoms with Gasteiger partial charge in [-0.15, -0.1) is 11.3 Å². The second kappa shape index (κ2) is 3.83. The van der Waals surface area contributed by atoms with E-state index < -0.39 is 0 Å². The lowest BCUT2D eigenvalue weighted by Crippen LogP contribution is -1.80. The summed E-state index contributed by atoms with van der Waals surface area (Å²) in [5.74, 6) is -0.179. The Hall–Kier alpha value is -0.670. The molecule has 2 aromatic rings. The monoisotopic (exact) mass is 270 g/mol. The second-order valence-corrected chi connectivity index (χ2v) is 5.24. The number of hydrogen-bond donors (Lipinski definition) is 0. The zero-order chi connectivity index (χ0) is 10.1. The molecule has 0 saturated heterocycles. The number of benzene rings is 1. The summed E-state index contributed by atoms with van der Waals surface area (Å²) in [4.78, 5) is 2.18. The van der Waals surface area contributed by atoms with Gasteiger partial charge in [-0.3, -0.25) is 0 Å². The highest BCUT2D eigenvalue weighted by Crippen LogP contribution is 2.30. The number of aryl methyl sites for hydroxylation is 1. The van der Waals surface area contributed by atoms with Crippen molar-refractivity contribution in [2.45, 2.75) is 6.92 Å². The highest BCUT2D eigenvalue weighted by molar-refractivity contribution is 9.10. The molecule has 0 atom stereocenters. The summed E-state index contributed by atoms with van der Waals surface area (Å²) >= 11 is 4.84. The first-order chi connectivity index (χ1) is 6.66. The van der Waals surface area contributed by atoms with Crippen LogP contribution >= 0.6 is 27.3 Å². The van der Waals surface area contributed by atoms with Crippen molar-refractivity contribution in [1.82, 2.24) is 0 Å². The minimum atomic E-state index is -0.179.